The Hall–Kier alpha value is -0.990. The van der Waals surface area contributed by atoms with Crippen molar-refractivity contribution in [2.24, 2.45) is 0 Å². The average Bonchev–Trinajstić information content (AvgIpc) is 2.71. The molecule has 0 saturated carbocycles. The lowest BCUT2D eigenvalue weighted by atomic mass is 10.2. The Bertz CT molecular complexity index is 904. The summed E-state index contributed by atoms with van der Waals surface area (Å²) < 4.78 is 29.7. The molecule has 0 saturated heterocycles. The van der Waals surface area contributed by atoms with E-state index in [2.05, 4.69) is 4.98 Å². The highest BCUT2D eigenvalue weighted by Crippen LogP contribution is 2.23. The number of imidazole rings is 1. The van der Waals surface area contributed by atoms with Gasteiger partial charge in [0.1, 0.15) is 11.6 Å². The molecule has 3 aromatic rings. The first-order chi connectivity index (χ1) is 9.95. The van der Waals surface area contributed by atoms with Crippen LogP contribution in [-0.4, -0.2) is 9.55 Å². The first-order valence-corrected chi connectivity index (χ1v) is 7.83. The summed E-state index contributed by atoms with van der Waals surface area (Å²) in [6, 6.07) is 7.62. The van der Waals surface area contributed by atoms with Gasteiger partial charge in [-0.25, -0.2) is 8.78 Å². The maximum atomic E-state index is 13.8. The Balaban J connectivity index is 2.11. The molecule has 108 valence electrons. The molecule has 0 aliphatic rings. The van der Waals surface area contributed by atoms with Gasteiger partial charge in [-0.3, -0.25) is 0 Å². The molecule has 0 spiro atoms. The molecule has 0 bridgehead atoms. The van der Waals surface area contributed by atoms with Gasteiger partial charge in [-0.15, -0.1) is 0 Å². The van der Waals surface area contributed by atoms with E-state index in [1.165, 1.54) is 12.1 Å². The van der Waals surface area contributed by atoms with Crippen molar-refractivity contribution in [3.05, 3.63) is 60.9 Å². The highest BCUT2D eigenvalue weighted by Gasteiger charge is 2.10. The molecule has 2 nitrogen and oxygen atoms in total. The van der Waals surface area contributed by atoms with E-state index in [9.17, 15) is 8.78 Å². The molecule has 1 heterocycles. The molecule has 0 amide bonds. The number of aromatic nitrogens is 2. The summed E-state index contributed by atoms with van der Waals surface area (Å²) in [6.45, 7) is 0.388. The first-order valence-electron chi connectivity index (χ1n) is 5.97. The molecule has 0 unspecified atom stereocenters. The van der Waals surface area contributed by atoms with Crippen LogP contribution in [-0.2, 0) is 6.54 Å². The topological polar surface area (TPSA) is 20.7 Å². The number of nitrogens with zero attached hydrogens (tertiary/aromatic N) is 1. The maximum absolute atomic E-state index is 13.8. The molecule has 0 radical (unpaired) electrons. The molecular weight excluding hydrogens is 429 g/mol. The van der Waals surface area contributed by atoms with E-state index in [1.807, 2.05) is 22.6 Å². The lowest BCUT2D eigenvalue weighted by molar-refractivity contribution is 0.621. The number of hydrogen-bond acceptors (Lipinski definition) is 1. The second-order valence-corrected chi connectivity index (χ2v) is 6.50. The third-order valence-electron chi connectivity index (χ3n) is 3.14. The number of H-pyrrole nitrogens is 1. The van der Waals surface area contributed by atoms with Gasteiger partial charge in [0.05, 0.1) is 26.2 Å². The minimum Gasteiger partial charge on any atom is -0.331 e. The summed E-state index contributed by atoms with van der Waals surface area (Å²) in [5.41, 5.74) is 2.22. The highest BCUT2D eigenvalue weighted by molar-refractivity contribution is 14.1. The summed E-state index contributed by atoms with van der Waals surface area (Å²) >= 11 is 13.0. The zero-order chi connectivity index (χ0) is 15.1. The molecule has 0 aliphatic heterocycles. The van der Waals surface area contributed by atoms with Crippen molar-refractivity contribution in [3.8, 4) is 0 Å². The van der Waals surface area contributed by atoms with Gasteiger partial charge in [-0.05, 0) is 58.6 Å². The van der Waals surface area contributed by atoms with E-state index in [4.69, 9.17) is 23.8 Å². The molecule has 2 aromatic carbocycles. The lowest BCUT2D eigenvalue weighted by Gasteiger charge is -2.06. The van der Waals surface area contributed by atoms with Crippen molar-refractivity contribution in [1.29, 1.82) is 0 Å². The SMILES string of the molecule is Fc1ccc(Cn2c(=S)[nH]c3cc(I)c(F)cc32)cc1Cl. The summed E-state index contributed by atoms with van der Waals surface area (Å²) in [6.07, 6.45) is 0. The van der Waals surface area contributed by atoms with Gasteiger partial charge in [0.2, 0.25) is 0 Å². The number of nitrogens with one attached hydrogen (secondary N) is 1. The number of halogens is 4. The van der Waals surface area contributed by atoms with Gasteiger partial charge in [0, 0.05) is 6.07 Å². The predicted octanol–water partition coefficient (Wildman–Crippen LogP) is 5.28. The van der Waals surface area contributed by atoms with Gasteiger partial charge in [0.15, 0.2) is 4.77 Å². The molecular formula is C14H8ClF2IN2S. The van der Waals surface area contributed by atoms with Crippen LogP contribution >= 0.6 is 46.4 Å². The van der Waals surface area contributed by atoms with Gasteiger partial charge in [-0.1, -0.05) is 17.7 Å². The van der Waals surface area contributed by atoms with E-state index in [-0.39, 0.29) is 10.8 Å². The van der Waals surface area contributed by atoms with Crippen molar-refractivity contribution in [3.63, 3.8) is 0 Å². The Morgan fingerprint density at radius 3 is 2.67 bits per heavy atom. The summed E-state index contributed by atoms with van der Waals surface area (Å²) in [5.74, 6) is -0.772. The number of rotatable bonds is 2. The van der Waals surface area contributed by atoms with E-state index in [1.54, 1.807) is 22.8 Å². The average molecular weight is 437 g/mol. The Morgan fingerprint density at radius 2 is 1.95 bits per heavy atom. The van der Waals surface area contributed by atoms with Crippen LogP contribution in [0.2, 0.25) is 5.02 Å². The number of fused-ring (bicyclic) bond motifs is 1. The monoisotopic (exact) mass is 436 g/mol. The van der Waals surface area contributed by atoms with Crippen LogP contribution in [0.5, 0.6) is 0 Å². The molecule has 21 heavy (non-hydrogen) atoms. The van der Waals surface area contributed by atoms with Crippen LogP contribution in [0.1, 0.15) is 5.56 Å². The largest absolute Gasteiger partial charge is 0.331 e. The highest BCUT2D eigenvalue weighted by atomic mass is 127. The van der Waals surface area contributed by atoms with E-state index >= 15 is 0 Å². The van der Waals surface area contributed by atoms with Crippen LogP contribution < -0.4 is 0 Å². The zero-order valence-electron chi connectivity index (χ0n) is 10.5. The van der Waals surface area contributed by atoms with Crippen LogP contribution in [0.3, 0.4) is 0 Å². The van der Waals surface area contributed by atoms with E-state index in [0.717, 1.165) is 11.1 Å². The Kier molecular flexibility index (Phi) is 4.02. The predicted molar refractivity (Wildman–Crippen MR) is 90.3 cm³/mol. The maximum Gasteiger partial charge on any atom is 0.178 e. The van der Waals surface area contributed by atoms with Gasteiger partial charge >= 0.3 is 0 Å². The molecule has 0 fully saturated rings. The lowest BCUT2D eigenvalue weighted by Crippen LogP contribution is -2.00. The van der Waals surface area contributed by atoms with Gasteiger partial charge in [-0.2, -0.15) is 0 Å². The normalized spacial score (nSPS) is 11.2. The van der Waals surface area contributed by atoms with Crippen molar-refractivity contribution in [2.45, 2.75) is 6.54 Å². The minimum atomic E-state index is -0.469. The fraction of sp³-hybridized carbons (Fsp3) is 0.0714. The second-order valence-electron chi connectivity index (χ2n) is 4.55. The van der Waals surface area contributed by atoms with Crippen molar-refractivity contribution in [1.82, 2.24) is 9.55 Å². The van der Waals surface area contributed by atoms with Crippen molar-refractivity contribution < 1.29 is 8.78 Å². The van der Waals surface area contributed by atoms with Crippen molar-refractivity contribution in [2.75, 3.05) is 0 Å². The fourth-order valence-electron chi connectivity index (χ4n) is 2.13. The quantitative estimate of drug-likeness (QED) is 0.428. The van der Waals surface area contributed by atoms with Gasteiger partial charge in [0.25, 0.3) is 0 Å². The second kappa shape index (κ2) is 5.66. The smallest absolute Gasteiger partial charge is 0.178 e. The molecule has 1 N–H and O–H groups in total. The third-order valence-corrected chi connectivity index (χ3v) is 4.58. The first kappa shape index (κ1) is 14.9. The summed E-state index contributed by atoms with van der Waals surface area (Å²) in [4.78, 5) is 3.04. The molecule has 0 aliphatic carbocycles. The molecule has 3 rings (SSSR count). The van der Waals surface area contributed by atoms with Crippen LogP contribution in [0, 0.1) is 20.0 Å². The van der Waals surface area contributed by atoms with Crippen LogP contribution in [0.15, 0.2) is 30.3 Å². The molecule has 7 heteroatoms. The van der Waals surface area contributed by atoms with Gasteiger partial charge < -0.3 is 9.55 Å². The van der Waals surface area contributed by atoms with Crippen molar-refractivity contribution >= 4 is 57.4 Å². The number of hydrogen-bond donors (Lipinski definition) is 1. The van der Waals surface area contributed by atoms with Crippen LogP contribution in [0.25, 0.3) is 11.0 Å². The van der Waals surface area contributed by atoms with E-state index in [0.29, 0.717) is 20.4 Å². The fourth-order valence-corrected chi connectivity index (χ4v) is 3.07. The summed E-state index contributed by atoms with van der Waals surface area (Å²) in [7, 11) is 0. The number of benzene rings is 2. The Labute approximate surface area is 142 Å². The zero-order valence-corrected chi connectivity index (χ0v) is 14.2. The standard InChI is InChI=1S/C14H8ClF2IN2S/c15-8-3-7(1-2-9(8)16)6-20-13-4-10(17)11(18)5-12(13)19-14(20)21/h1-5H,6H2,(H,19,21). The minimum absolute atomic E-state index is 0.0552. The van der Waals surface area contributed by atoms with Crippen LogP contribution in [0.4, 0.5) is 8.78 Å². The Morgan fingerprint density at radius 1 is 1.19 bits per heavy atom. The van der Waals surface area contributed by atoms with E-state index < -0.39 is 5.82 Å². The third kappa shape index (κ3) is 2.84. The molecule has 1 aromatic heterocycles. The summed E-state index contributed by atoms with van der Waals surface area (Å²) in [5, 5.41) is 0.0552. The number of aromatic amines is 1. The molecule has 0 atom stereocenters.